The lowest BCUT2D eigenvalue weighted by Crippen LogP contribution is -2.41. The number of carbonyl (C=O) groups is 2. The Bertz CT molecular complexity index is 1110. The van der Waals surface area contributed by atoms with E-state index in [1.54, 1.807) is 17.3 Å². The van der Waals surface area contributed by atoms with Crippen LogP contribution in [0.25, 0.3) is 11.4 Å². The van der Waals surface area contributed by atoms with Crippen molar-refractivity contribution in [2.45, 2.75) is 45.1 Å². The number of para-hydroxylation sites is 1. The number of fused-ring (bicyclic) bond motifs is 1. The second-order valence-electron chi connectivity index (χ2n) is 8.67. The Morgan fingerprint density at radius 1 is 1.19 bits per heavy atom. The molecule has 0 saturated heterocycles. The smallest absolute Gasteiger partial charge is 0.414 e. The molecule has 0 fully saturated rings. The molecule has 1 aromatic carbocycles. The molecule has 2 amide bonds. The van der Waals surface area contributed by atoms with Crippen molar-refractivity contribution in [2.75, 3.05) is 16.8 Å². The molecule has 0 radical (unpaired) electrons. The maximum absolute atomic E-state index is 12.7. The lowest BCUT2D eigenvalue weighted by atomic mass is 9.87. The first-order valence-corrected chi connectivity index (χ1v) is 10.5. The SMILES string of the molecule is CC(C)(C)OC(=O)N1CCC(CC(=O)Nc2n[nH]c(-c3ccncc3)n2)c2ccccc21. The Morgan fingerprint density at radius 2 is 1.94 bits per heavy atom. The van der Waals surface area contributed by atoms with Crippen LogP contribution in [0, 0.1) is 0 Å². The summed E-state index contributed by atoms with van der Waals surface area (Å²) in [7, 11) is 0. The Hall–Kier alpha value is -3.75. The molecule has 0 bridgehead atoms. The van der Waals surface area contributed by atoms with Crippen LogP contribution in [0.4, 0.5) is 16.4 Å². The highest BCUT2D eigenvalue weighted by Gasteiger charge is 2.32. The number of carbonyl (C=O) groups excluding carboxylic acids is 2. The van der Waals surface area contributed by atoms with Gasteiger partial charge in [0, 0.05) is 30.9 Å². The van der Waals surface area contributed by atoms with E-state index in [2.05, 4.69) is 25.5 Å². The zero-order chi connectivity index (χ0) is 22.7. The Kier molecular flexibility index (Phi) is 5.89. The highest BCUT2D eigenvalue weighted by Crippen LogP contribution is 2.38. The summed E-state index contributed by atoms with van der Waals surface area (Å²) in [5, 5.41) is 9.67. The first kappa shape index (κ1) is 21.5. The van der Waals surface area contributed by atoms with Crippen molar-refractivity contribution in [1.29, 1.82) is 0 Å². The average molecular weight is 435 g/mol. The van der Waals surface area contributed by atoms with Crippen LogP contribution >= 0.6 is 0 Å². The molecule has 1 aliphatic rings. The summed E-state index contributed by atoms with van der Waals surface area (Å²) in [5.74, 6) is 0.569. The van der Waals surface area contributed by atoms with E-state index in [4.69, 9.17) is 4.74 Å². The number of hydrogen-bond donors (Lipinski definition) is 2. The van der Waals surface area contributed by atoms with Crippen molar-refractivity contribution in [3.8, 4) is 11.4 Å². The Morgan fingerprint density at radius 3 is 2.69 bits per heavy atom. The van der Waals surface area contributed by atoms with Gasteiger partial charge in [-0.3, -0.25) is 25.1 Å². The molecule has 9 heteroatoms. The highest BCUT2D eigenvalue weighted by atomic mass is 16.6. The van der Waals surface area contributed by atoms with E-state index >= 15 is 0 Å². The largest absolute Gasteiger partial charge is 0.443 e. The van der Waals surface area contributed by atoms with Gasteiger partial charge in [0.2, 0.25) is 11.9 Å². The van der Waals surface area contributed by atoms with Crippen molar-refractivity contribution in [3.63, 3.8) is 0 Å². The summed E-state index contributed by atoms with van der Waals surface area (Å²) in [6, 6.07) is 11.3. The van der Waals surface area contributed by atoms with Crippen LogP contribution in [0.5, 0.6) is 0 Å². The van der Waals surface area contributed by atoms with E-state index in [9.17, 15) is 9.59 Å². The van der Waals surface area contributed by atoms with Crippen molar-refractivity contribution >= 4 is 23.6 Å². The Balaban J connectivity index is 1.44. The van der Waals surface area contributed by atoms with Gasteiger partial charge in [0.25, 0.3) is 0 Å². The van der Waals surface area contributed by atoms with Gasteiger partial charge < -0.3 is 4.74 Å². The van der Waals surface area contributed by atoms with Gasteiger partial charge in [-0.2, -0.15) is 4.98 Å². The number of benzene rings is 1. The molecule has 166 valence electrons. The van der Waals surface area contributed by atoms with E-state index in [1.807, 2.05) is 57.2 Å². The number of aromatic nitrogens is 4. The minimum atomic E-state index is -0.575. The fourth-order valence-electron chi connectivity index (χ4n) is 3.71. The second-order valence-corrected chi connectivity index (χ2v) is 8.67. The van der Waals surface area contributed by atoms with Crippen LogP contribution in [-0.2, 0) is 9.53 Å². The topological polar surface area (TPSA) is 113 Å². The molecule has 9 nitrogen and oxygen atoms in total. The number of hydrogen-bond acceptors (Lipinski definition) is 6. The summed E-state index contributed by atoms with van der Waals surface area (Å²) < 4.78 is 5.55. The van der Waals surface area contributed by atoms with Gasteiger partial charge in [0.1, 0.15) is 5.60 Å². The van der Waals surface area contributed by atoms with Crippen molar-refractivity contribution in [3.05, 3.63) is 54.4 Å². The molecule has 3 heterocycles. The fraction of sp³-hybridized carbons (Fsp3) is 0.348. The summed E-state index contributed by atoms with van der Waals surface area (Å²) in [6.45, 7) is 6.02. The molecular weight excluding hydrogens is 408 g/mol. The summed E-state index contributed by atoms with van der Waals surface area (Å²) in [6.07, 6.45) is 3.87. The monoisotopic (exact) mass is 434 g/mol. The van der Waals surface area contributed by atoms with E-state index in [-0.39, 0.29) is 30.3 Å². The van der Waals surface area contributed by atoms with Crippen molar-refractivity contribution in [2.24, 2.45) is 0 Å². The zero-order valence-corrected chi connectivity index (χ0v) is 18.3. The Labute approximate surface area is 186 Å². The molecule has 1 atom stereocenters. The van der Waals surface area contributed by atoms with E-state index < -0.39 is 5.60 Å². The number of nitrogens with one attached hydrogen (secondary N) is 2. The number of anilines is 2. The molecule has 0 aliphatic carbocycles. The fourth-order valence-corrected chi connectivity index (χ4v) is 3.71. The molecule has 3 aromatic rings. The third-order valence-electron chi connectivity index (χ3n) is 5.10. The number of H-pyrrole nitrogens is 1. The number of amides is 2. The van der Waals surface area contributed by atoms with Gasteiger partial charge in [-0.1, -0.05) is 18.2 Å². The number of nitrogens with zero attached hydrogens (tertiary/aromatic N) is 4. The molecule has 0 spiro atoms. The number of ether oxygens (including phenoxy) is 1. The standard InChI is InChI=1S/C23H26N6O3/c1-23(2,3)32-22(31)29-13-10-16(17-6-4-5-7-18(17)29)14-19(30)25-21-26-20(27-28-21)15-8-11-24-12-9-15/h4-9,11-12,16H,10,13-14H2,1-3H3,(H2,25,26,27,28,30). The van der Waals surface area contributed by atoms with Gasteiger partial charge in [0.05, 0.1) is 5.69 Å². The molecule has 32 heavy (non-hydrogen) atoms. The number of rotatable bonds is 4. The minimum absolute atomic E-state index is 0.0245. The summed E-state index contributed by atoms with van der Waals surface area (Å²) in [4.78, 5) is 35.3. The number of pyridine rings is 1. The first-order chi connectivity index (χ1) is 15.3. The van der Waals surface area contributed by atoms with Gasteiger partial charge in [-0.15, -0.1) is 5.10 Å². The second kappa shape index (κ2) is 8.78. The quantitative estimate of drug-likeness (QED) is 0.638. The van der Waals surface area contributed by atoms with E-state index in [0.717, 1.165) is 16.8 Å². The van der Waals surface area contributed by atoms with Crippen LogP contribution in [-0.4, -0.2) is 44.3 Å². The van der Waals surface area contributed by atoms with Gasteiger partial charge in [0.15, 0.2) is 5.82 Å². The van der Waals surface area contributed by atoms with Gasteiger partial charge in [-0.25, -0.2) is 4.79 Å². The zero-order valence-electron chi connectivity index (χ0n) is 18.3. The summed E-state index contributed by atoms with van der Waals surface area (Å²) >= 11 is 0. The van der Waals surface area contributed by atoms with E-state index in [1.165, 1.54) is 0 Å². The molecule has 4 rings (SSSR count). The third-order valence-corrected chi connectivity index (χ3v) is 5.10. The van der Waals surface area contributed by atoms with Gasteiger partial charge >= 0.3 is 6.09 Å². The van der Waals surface area contributed by atoms with Crippen LogP contribution in [0.1, 0.15) is 45.1 Å². The normalized spacial score (nSPS) is 15.7. The van der Waals surface area contributed by atoms with Crippen LogP contribution in [0.2, 0.25) is 0 Å². The first-order valence-electron chi connectivity index (χ1n) is 10.5. The third kappa shape index (κ3) is 4.93. The highest BCUT2D eigenvalue weighted by molar-refractivity contribution is 5.92. The van der Waals surface area contributed by atoms with Crippen LogP contribution in [0.15, 0.2) is 48.8 Å². The van der Waals surface area contributed by atoms with Crippen molar-refractivity contribution < 1.29 is 14.3 Å². The lowest BCUT2D eigenvalue weighted by molar-refractivity contribution is -0.116. The maximum atomic E-state index is 12.7. The van der Waals surface area contributed by atoms with Gasteiger partial charge in [-0.05, 0) is 56.9 Å². The van der Waals surface area contributed by atoms with Crippen molar-refractivity contribution in [1.82, 2.24) is 20.2 Å². The average Bonchev–Trinajstić information content (AvgIpc) is 3.21. The van der Waals surface area contributed by atoms with Crippen LogP contribution in [0.3, 0.4) is 0 Å². The molecule has 0 saturated carbocycles. The molecule has 1 unspecified atom stereocenters. The predicted octanol–water partition coefficient (Wildman–Crippen LogP) is 4.12. The number of aromatic amines is 1. The minimum Gasteiger partial charge on any atom is -0.443 e. The maximum Gasteiger partial charge on any atom is 0.414 e. The lowest BCUT2D eigenvalue weighted by Gasteiger charge is -2.35. The summed E-state index contributed by atoms with van der Waals surface area (Å²) in [5.41, 5.74) is 1.99. The molecule has 2 N–H and O–H groups in total. The molecular formula is C23H26N6O3. The molecule has 2 aromatic heterocycles. The van der Waals surface area contributed by atoms with Crippen LogP contribution < -0.4 is 10.2 Å². The predicted molar refractivity (Wildman–Crippen MR) is 120 cm³/mol. The van der Waals surface area contributed by atoms with E-state index in [0.29, 0.717) is 18.8 Å². The molecule has 1 aliphatic heterocycles.